The third-order valence-electron chi connectivity index (χ3n) is 4.21. The molecular formula is C16H25NO2. The molecule has 3 nitrogen and oxygen atoms in total. The third-order valence-corrected chi connectivity index (χ3v) is 4.21. The fourth-order valence-electron chi connectivity index (χ4n) is 2.92. The van der Waals surface area contributed by atoms with Crippen LogP contribution in [0.5, 0.6) is 5.75 Å². The van der Waals surface area contributed by atoms with Crippen LogP contribution in [0.4, 0.5) is 0 Å². The van der Waals surface area contributed by atoms with Crippen LogP contribution in [0.15, 0.2) is 24.3 Å². The zero-order valence-corrected chi connectivity index (χ0v) is 12.0. The summed E-state index contributed by atoms with van der Waals surface area (Å²) in [4.78, 5) is 0. The van der Waals surface area contributed by atoms with Crippen LogP contribution >= 0.6 is 0 Å². The van der Waals surface area contributed by atoms with Crippen molar-refractivity contribution in [1.82, 2.24) is 5.32 Å². The molecule has 2 N–H and O–H groups in total. The summed E-state index contributed by atoms with van der Waals surface area (Å²) in [6, 6.07) is 8.62. The van der Waals surface area contributed by atoms with Crippen LogP contribution in [0.2, 0.25) is 0 Å². The van der Waals surface area contributed by atoms with Gasteiger partial charge in [-0.1, -0.05) is 25.5 Å². The van der Waals surface area contributed by atoms with Gasteiger partial charge in [0.2, 0.25) is 0 Å². The number of hydrogen-bond acceptors (Lipinski definition) is 3. The molecule has 0 heterocycles. The summed E-state index contributed by atoms with van der Waals surface area (Å²) in [6.07, 6.45) is 3.47. The molecule has 0 aliphatic heterocycles. The predicted octanol–water partition coefficient (Wildman–Crippen LogP) is 2.73. The van der Waals surface area contributed by atoms with Gasteiger partial charge in [-0.15, -0.1) is 0 Å². The van der Waals surface area contributed by atoms with Crippen molar-refractivity contribution in [3.63, 3.8) is 0 Å². The van der Waals surface area contributed by atoms with Crippen molar-refractivity contribution in [2.75, 3.05) is 13.2 Å². The van der Waals surface area contributed by atoms with E-state index in [9.17, 15) is 5.11 Å². The number of benzene rings is 1. The number of hydrogen-bond donors (Lipinski definition) is 2. The maximum Gasteiger partial charge on any atom is 0.119 e. The van der Waals surface area contributed by atoms with Crippen molar-refractivity contribution >= 4 is 0 Å². The lowest BCUT2D eigenvalue weighted by Gasteiger charge is -2.30. The van der Waals surface area contributed by atoms with Crippen LogP contribution in [0, 0.1) is 5.41 Å². The lowest BCUT2D eigenvalue weighted by molar-refractivity contribution is 0.118. The Bertz CT molecular complexity index is 407. The van der Waals surface area contributed by atoms with E-state index in [-0.39, 0.29) is 12.0 Å². The van der Waals surface area contributed by atoms with Crippen molar-refractivity contribution in [3.8, 4) is 5.75 Å². The molecule has 106 valence electrons. The normalized spacial score (nSPS) is 26.6. The highest BCUT2D eigenvalue weighted by Crippen LogP contribution is 2.37. The number of ether oxygens (including phenoxy) is 1. The Kier molecular flexibility index (Phi) is 4.83. The third kappa shape index (κ3) is 3.48. The number of nitrogens with one attached hydrogen (secondary N) is 1. The smallest absolute Gasteiger partial charge is 0.119 e. The van der Waals surface area contributed by atoms with Gasteiger partial charge in [-0.05, 0) is 37.5 Å². The van der Waals surface area contributed by atoms with Crippen molar-refractivity contribution < 1.29 is 9.84 Å². The molecular weight excluding hydrogens is 238 g/mol. The first-order valence-electron chi connectivity index (χ1n) is 7.24. The van der Waals surface area contributed by atoms with Gasteiger partial charge in [0.05, 0.1) is 6.61 Å². The second-order valence-electron chi connectivity index (χ2n) is 5.72. The first-order valence-corrected chi connectivity index (χ1v) is 7.24. The molecule has 3 heteroatoms. The fourth-order valence-corrected chi connectivity index (χ4v) is 2.92. The summed E-state index contributed by atoms with van der Waals surface area (Å²) in [5.74, 6) is 0.929. The Morgan fingerprint density at radius 3 is 3.05 bits per heavy atom. The van der Waals surface area contributed by atoms with Crippen LogP contribution in [0.25, 0.3) is 0 Å². The molecule has 1 saturated carbocycles. The van der Waals surface area contributed by atoms with Gasteiger partial charge in [-0.25, -0.2) is 0 Å². The van der Waals surface area contributed by atoms with Gasteiger partial charge >= 0.3 is 0 Å². The van der Waals surface area contributed by atoms with Gasteiger partial charge in [-0.3, -0.25) is 0 Å². The number of rotatable bonds is 6. The minimum atomic E-state index is 0.0392. The van der Waals surface area contributed by atoms with E-state index in [0.29, 0.717) is 12.6 Å². The minimum Gasteiger partial charge on any atom is -0.494 e. The van der Waals surface area contributed by atoms with Gasteiger partial charge in [0.1, 0.15) is 5.75 Å². The summed E-state index contributed by atoms with van der Waals surface area (Å²) in [5.41, 5.74) is 1.27. The minimum absolute atomic E-state index is 0.0392. The second kappa shape index (κ2) is 6.40. The van der Waals surface area contributed by atoms with E-state index in [1.165, 1.54) is 12.0 Å². The van der Waals surface area contributed by atoms with Crippen molar-refractivity contribution in [3.05, 3.63) is 29.8 Å². The maximum atomic E-state index is 9.55. The summed E-state index contributed by atoms with van der Waals surface area (Å²) in [5, 5.41) is 13.1. The van der Waals surface area contributed by atoms with Crippen molar-refractivity contribution in [1.29, 1.82) is 0 Å². The first kappa shape index (κ1) is 14.4. The lowest BCUT2D eigenvalue weighted by Crippen LogP contribution is -2.41. The Morgan fingerprint density at radius 1 is 1.47 bits per heavy atom. The summed E-state index contributed by atoms with van der Waals surface area (Å²) in [7, 11) is 0. The molecule has 1 aromatic carbocycles. The van der Waals surface area contributed by atoms with Crippen LogP contribution in [0.3, 0.4) is 0 Å². The highest BCUT2D eigenvalue weighted by Gasteiger charge is 2.37. The Hall–Kier alpha value is -1.06. The van der Waals surface area contributed by atoms with Gasteiger partial charge in [0.25, 0.3) is 0 Å². The fraction of sp³-hybridized carbons (Fsp3) is 0.625. The van der Waals surface area contributed by atoms with Crippen LogP contribution < -0.4 is 10.1 Å². The largest absolute Gasteiger partial charge is 0.494 e. The van der Waals surface area contributed by atoms with Gasteiger partial charge in [-0.2, -0.15) is 0 Å². The van der Waals surface area contributed by atoms with Gasteiger partial charge < -0.3 is 15.2 Å². The first-order chi connectivity index (χ1) is 9.18. The monoisotopic (exact) mass is 263 g/mol. The molecule has 0 saturated heterocycles. The Labute approximate surface area is 116 Å². The lowest BCUT2D eigenvalue weighted by atomic mass is 9.86. The summed E-state index contributed by atoms with van der Waals surface area (Å²) >= 11 is 0. The molecule has 1 aliphatic rings. The molecule has 19 heavy (non-hydrogen) atoms. The number of aliphatic hydroxyl groups is 1. The highest BCUT2D eigenvalue weighted by atomic mass is 16.5. The molecule has 1 aliphatic carbocycles. The molecule has 1 aromatic rings. The van der Waals surface area contributed by atoms with Gasteiger partial charge in [0.15, 0.2) is 0 Å². The van der Waals surface area contributed by atoms with E-state index >= 15 is 0 Å². The predicted molar refractivity (Wildman–Crippen MR) is 77.3 cm³/mol. The van der Waals surface area contributed by atoms with Crippen LogP contribution in [-0.4, -0.2) is 24.4 Å². The zero-order valence-electron chi connectivity index (χ0n) is 12.0. The van der Waals surface area contributed by atoms with Gasteiger partial charge in [0, 0.05) is 24.6 Å². The van der Waals surface area contributed by atoms with Crippen molar-refractivity contribution in [2.24, 2.45) is 5.41 Å². The Balaban J connectivity index is 1.93. The standard InChI is InChI=1S/C16H25NO2/c1-3-19-14-7-4-6-13(10-14)11-17-15-8-5-9-16(15,2)12-18/h4,6-7,10,15,17-18H,3,5,8-9,11-12H2,1-2H3. The second-order valence-corrected chi connectivity index (χ2v) is 5.72. The average molecular weight is 263 g/mol. The van der Waals surface area contributed by atoms with E-state index in [1.807, 2.05) is 19.1 Å². The zero-order chi connectivity index (χ0) is 13.7. The van der Waals surface area contributed by atoms with E-state index in [2.05, 4.69) is 24.4 Å². The number of aliphatic hydroxyl groups excluding tert-OH is 1. The molecule has 2 unspecified atom stereocenters. The molecule has 0 spiro atoms. The Morgan fingerprint density at radius 2 is 2.32 bits per heavy atom. The maximum absolute atomic E-state index is 9.55. The molecule has 0 aromatic heterocycles. The van der Waals surface area contributed by atoms with E-state index in [1.54, 1.807) is 0 Å². The molecule has 1 fully saturated rings. The topological polar surface area (TPSA) is 41.5 Å². The molecule has 2 atom stereocenters. The quantitative estimate of drug-likeness (QED) is 0.829. The van der Waals surface area contributed by atoms with E-state index < -0.39 is 0 Å². The molecule has 0 amide bonds. The summed E-state index contributed by atoms with van der Waals surface area (Å²) in [6.45, 7) is 5.97. The van der Waals surface area contributed by atoms with E-state index in [4.69, 9.17) is 4.74 Å². The highest BCUT2D eigenvalue weighted by molar-refractivity contribution is 5.28. The average Bonchev–Trinajstić information content (AvgIpc) is 2.79. The summed E-state index contributed by atoms with van der Waals surface area (Å²) < 4.78 is 5.51. The van der Waals surface area contributed by atoms with Crippen molar-refractivity contribution in [2.45, 2.75) is 45.7 Å². The van der Waals surface area contributed by atoms with Crippen LogP contribution in [0.1, 0.15) is 38.7 Å². The van der Waals surface area contributed by atoms with Crippen LogP contribution in [-0.2, 0) is 6.54 Å². The van der Waals surface area contributed by atoms with E-state index in [0.717, 1.165) is 25.1 Å². The molecule has 2 rings (SSSR count). The SMILES string of the molecule is CCOc1cccc(CNC2CCCC2(C)CO)c1. The molecule has 0 bridgehead atoms. The molecule has 0 radical (unpaired) electrons.